The van der Waals surface area contributed by atoms with Gasteiger partial charge in [0.2, 0.25) is 0 Å². The molecule has 0 heterocycles. The van der Waals surface area contributed by atoms with Gasteiger partial charge in [-0.05, 0) is 30.7 Å². The summed E-state index contributed by atoms with van der Waals surface area (Å²) in [6.45, 7) is 2.05. The SMILES string of the molecule is COCCOc1cc([N+](=O)[O-])c(C(=O)Nc2ccc(F)cc2C)cc1OC. The number of benzene rings is 2. The molecule has 2 rings (SSSR count). The number of hydrogen-bond acceptors (Lipinski definition) is 6. The van der Waals surface area contributed by atoms with Crippen LogP contribution in [0.4, 0.5) is 15.8 Å². The van der Waals surface area contributed by atoms with Crippen LogP contribution in [0.25, 0.3) is 0 Å². The predicted octanol–water partition coefficient (Wildman–Crippen LogP) is 3.33. The Morgan fingerprint density at radius 3 is 2.52 bits per heavy atom. The second-order valence-electron chi connectivity index (χ2n) is 5.53. The minimum Gasteiger partial charge on any atom is -0.493 e. The molecule has 0 aromatic heterocycles. The topological polar surface area (TPSA) is 99.9 Å². The van der Waals surface area contributed by atoms with Crippen molar-refractivity contribution >= 4 is 17.3 Å². The van der Waals surface area contributed by atoms with Gasteiger partial charge in [-0.1, -0.05) is 0 Å². The molecule has 27 heavy (non-hydrogen) atoms. The first-order valence-electron chi connectivity index (χ1n) is 7.93. The highest BCUT2D eigenvalue weighted by molar-refractivity contribution is 6.07. The summed E-state index contributed by atoms with van der Waals surface area (Å²) in [6, 6.07) is 6.17. The molecular weight excluding hydrogens is 359 g/mol. The molecule has 1 amide bonds. The van der Waals surface area contributed by atoms with E-state index in [2.05, 4.69) is 5.32 Å². The van der Waals surface area contributed by atoms with Crippen LogP contribution < -0.4 is 14.8 Å². The molecule has 1 N–H and O–H groups in total. The van der Waals surface area contributed by atoms with E-state index >= 15 is 0 Å². The zero-order chi connectivity index (χ0) is 20.0. The molecule has 0 saturated heterocycles. The molecule has 0 unspecified atom stereocenters. The zero-order valence-corrected chi connectivity index (χ0v) is 15.1. The molecule has 144 valence electrons. The summed E-state index contributed by atoms with van der Waals surface area (Å²) in [5.41, 5.74) is 0.174. The van der Waals surface area contributed by atoms with Crippen LogP contribution in [-0.2, 0) is 4.74 Å². The van der Waals surface area contributed by atoms with E-state index in [1.807, 2.05) is 0 Å². The number of nitro groups is 1. The Bertz CT molecular complexity index is 856. The summed E-state index contributed by atoms with van der Waals surface area (Å²) in [5, 5.41) is 14.0. The van der Waals surface area contributed by atoms with E-state index in [9.17, 15) is 19.3 Å². The van der Waals surface area contributed by atoms with E-state index in [1.54, 1.807) is 6.92 Å². The maximum absolute atomic E-state index is 13.2. The number of nitrogens with one attached hydrogen (secondary N) is 1. The van der Waals surface area contributed by atoms with Crippen LogP contribution in [0, 0.1) is 22.9 Å². The van der Waals surface area contributed by atoms with Gasteiger partial charge in [0.25, 0.3) is 11.6 Å². The number of methoxy groups -OCH3 is 2. The number of ether oxygens (including phenoxy) is 3. The Labute approximate surface area is 155 Å². The molecule has 0 atom stereocenters. The molecule has 8 nitrogen and oxygen atoms in total. The number of nitro benzene ring substituents is 1. The van der Waals surface area contributed by atoms with Gasteiger partial charge in [0.05, 0.1) is 24.7 Å². The highest BCUT2D eigenvalue weighted by atomic mass is 19.1. The number of aryl methyl sites for hydroxylation is 1. The van der Waals surface area contributed by atoms with E-state index in [0.717, 1.165) is 6.07 Å². The standard InChI is InChI=1S/C18H19FN2O6/c1-11-8-12(19)4-5-14(11)20-18(22)13-9-16(26-3)17(27-7-6-25-2)10-15(13)21(23)24/h4-5,8-10H,6-7H2,1-3H3,(H,20,22). The Morgan fingerprint density at radius 2 is 1.93 bits per heavy atom. The maximum atomic E-state index is 13.2. The van der Waals surface area contributed by atoms with Gasteiger partial charge in [0.1, 0.15) is 18.0 Å². The zero-order valence-electron chi connectivity index (χ0n) is 15.1. The first kappa shape index (κ1) is 20.1. The molecule has 0 bridgehead atoms. The fourth-order valence-corrected chi connectivity index (χ4v) is 2.35. The van der Waals surface area contributed by atoms with Crippen molar-refractivity contribution in [3.05, 3.63) is 57.4 Å². The molecule has 2 aromatic rings. The Balaban J connectivity index is 2.38. The second-order valence-corrected chi connectivity index (χ2v) is 5.53. The quantitative estimate of drug-likeness (QED) is 0.430. The summed E-state index contributed by atoms with van der Waals surface area (Å²) in [7, 11) is 2.85. The number of nitrogens with zero attached hydrogens (tertiary/aromatic N) is 1. The first-order valence-corrected chi connectivity index (χ1v) is 7.93. The van der Waals surface area contributed by atoms with Crippen LogP contribution >= 0.6 is 0 Å². The molecule has 0 aliphatic carbocycles. The molecule has 0 aliphatic rings. The summed E-state index contributed by atoms with van der Waals surface area (Å²) < 4.78 is 28.7. The molecule has 9 heteroatoms. The minimum atomic E-state index is -0.724. The first-order chi connectivity index (χ1) is 12.9. The predicted molar refractivity (Wildman–Crippen MR) is 96.1 cm³/mol. The van der Waals surface area contributed by atoms with Crippen LogP contribution in [0.15, 0.2) is 30.3 Å². The van der Waals surface area contributed by atoms with Crippen molar-refractivity contribution < 1.29 is 28.3 Å². The van der Waals surface area contributed by atoms with Crippen LogP contribution in [0.5, 0.6) is 11.5 Å². The average molecular weight is 378 g/mol. The van der Waals surface area contributed by atoms with Gasteiger partial charge in [0.15, 0.2) is 11.5 Å². The molecule has 0 radical (unpaired) electrons. The lowest BCUT2D eigenvalue weighted by Gasteiger charge is -2.13. The number of amides is 1. The lowest BCUT2D eigenvalue weighted by Crippen LogP contribution is -2.15. The average Bonchev–Trinajstić information content (AvgIpc) is 2.63. The number of carbonyl (C=O) groups excluding carboxylic acids is 1. The molecule has 0 aliphatic heterocycles. The third-order valence-corrected chi connectivity index (χ3v) is 3.70. The number of rotatable bonds is 8. The fourth-order valence-electron chi connectivity index (χ4n) is 2.35. The normalized spacial score (nSPS) is 10.4. The van der Waals surface area contributed by atoms with Gasteiger partial charge in [-0.15, -0.1) is 0 Å². The fraction of sp³-hybridized carbons (Fsp3) is 0.278. The van der Waals surface area contributed by atoms with Crippen molar-refractivity contribution in [3.8, 4) is 11.5 Å². The van der Waals surface area contributed by atoms with Gasteiger partial charge in [-0.3, -0.25) is 14.9 Å². The van der Waals surface area contributed by atoms with Crippen LogP contribution in [0.2, 0.25) is 0 Å². The van der Waals surface area contributed by atoms with Gasteiger partial charge in [-0.25, -0.2) is 4.39 Å². The van der Waals surface area contributed by atoms with E-state index in [-0.39, 0.29) is 30.3 Å². The van der Waals surface area contributed by atoms with Crippen LogP contribution in [-0.4, -0.2) is 38.3 Å². The monoisotopic (exact) mass is 378 g/mol. The van der Waals surface area contributed by atoms with Gasteiger partial charge in [0, 0.05) is 18.9 Å². The molecular formula is C18H19FN2O6. The van der Waals surface area contributed by atoms with Crippen molar-refractivity contribution in [3.63, 3.8) is 0 Å². The van der Waals surface area contributed by atoms with Crippen LogP contribution in [0.1, 0.15) is 15.9 Å². The Morgan fingerprint density at radius 1 is 1.19 bits per heavy atom. The Hall–Kier alpha value is -3.20. The number of halogens is 1. The highest BCUT2D eigenvalue weighted by Gasteiger charge is 2.25. The third kappa shape index (κ3) is 4.91. The number of anilines is 1. The number of carbonyl (C=O) groups is 1. The third-order valence-electron chi connectivity index (χ3n) is 3.70. The molecule has 0 fully saturated rings. The molecule has 2 aromatic carbocycles. The summed E-state index contributed by atoms with van der Waals surface area (Å²) in [4.78, 5) is 23.3. The summed E-state index contributed by atoms with van der Waals surface area (Å²) >= 11 is 0. The maximum Gasteiger partial charge on any atom is 0.286 e. The largest absolute Gasteiger partial charge is 0.493 e. The molecule has 0 spiro atoms. The van der Waals surface area contributed by atoms with E-state index in [0.29, 0.717) is 11.3 Å². The van der Waals surface area contributed by atoms with Crippen molar-refractivity contribution in [2.45, 2.75) is 6.92 Å². The minimum absolute atomic E-state index is 0.121. The smallest absolute Gasteiger partial charge is 0.286 e. The van der Waals surface area contributed by atoms with E-state index in [4.69, 9.17) is 14.2 Å². The van der Waals surface area contributed by atoms with Crippen LogP contribution in [0.3, 0.4) is 0 Å². The second kappa shape index (κ2) is 8.95. The Kier molecular flexibility index (Phi) is 6.67. The van der Waals surface area contributed by atoms with Crippen molar-refractivity contribution in [2.75, 3.05) is 32.8 Å². The van der Waals surface area contributed by atoms with E-state index in [1.165, 1.54) is 38.5 Å². The lowest BCUT2D eigenvalue weighted by atomic mass is 10.1. The van der Waals surface area contributed by atoms with E-state index < -0.39 is 22.3 Å². The van der Waals surface area contributed by atoms with Gasteiger partial charge >= 0.3 is 0 Å². The highest BCUT2D eigenvalue weighted by Crippen LogP contribution is 2.35. The summed E-state index contributed by atoms with van der Waals surface area (Å²) in [6.07, 6.45) is 0. The lowest BCUT2D eigenvalue weighted by molar-refractivity contribution is -0.385. The molecule has 0 saturated carbocycles. The summed E-state index contributed by atoms with van der Waals surface area (Å²) in [5.74, 6) is -0.887. The van der Waals surface area contributed by atoms with Crippen molar-refractivity contribution in [2.24, 2.45) is 0 Å². The number of hydrogen-bond donors (Lipinski definition) is 1. The van der Waals surface area contributed by atoms with Crippen molar-refractivity contribution in [1.29, 1.82) is 0 Å². The van der Waals surface area contributed by atoms with Gasteiger partial charge < -0.3 is 19.5 Å². The van der Waals surface area contributed by atoms with Crippen molar-refractivity contribution in [1.82, 2.24) is 0 Å². The van der Waals surface area contributed by atoms with Gasteiger partial charge in [-0.2, -0.15) is 0 Å².